The fourth-order valence-corrected chi connectivity index (χ4v) is 4.00. The van der Waals surface area contributed by atoms with Crippen molar-refractivity contribution in [1.29, 1.82) is 0 Å². The molecular formula is C14H16N4S2. The van der Waals surface area contributed by atoms with E-state index >= 15 is 0 Å². The third-order valence-corrected chi connectivity index (χ3v) is 5.08. The molecule has 0 aromatic carbocycles. The molecule has 3 N–H and O–H groups in total. The first-order valence-corrected chi connectivity index (χ1v) is 8.19. The van der Waals surface area contributed by atoms with Crippen molar-refractivity contribution in [3.63, 3.8) is 0 Å². The third-order valence-electron chi connectivity index (χ3n) is 3.17. The van der Waals surface area contributed by atoms with E-state index in [1.165, 1.54) is 15.3 Å². The van der Waals surface area contributed by atoms with E-state index in [1.54, 1.807) is 22.7 Å². The van der Waals surface area contributed by atoms with Crippen LogP contribution in [0.3, 0.4) is 0 Å². The van der Waals surface area contributed by atoms with E-state index < -0.39 is 0 Å². The lowest BCUT2D eigenvalue weighted by Crippen LogP contribution is -2.04. The van der Waals surface area contributed by atoms with E-state index in [-0.39, 0.29) is 0 Å². The van der Waals surface area contributed by atoms with Gasteiger partial charge >= 0.3 is 0 Å². The molecular weight excluding hydrogens is 288 g/mol. The molecule has 3 aromatic heterocycles. The number of hydrogen-bond donors (Lipinski definition) is 2. The average molecular weight is 304 g/mol. The summed E-state index contributed by atoms with van der Waals surface area (Å²) in [5, 5.41) is 6.59. The summed E-state index contributed by atoms with van der Waals surface area (Å²) in [6.45, 7) is 5.02. The van der Waals surface area contributed by atoms with Crippen LogP contribution in [-0.2, 0) is 13.0 Å². The third kappa shape index (κ3) is 2.48. The Morgan fingerprint density at radius 1 is 1.35 bits per heavy atom. The smallest absolute Gasteiger partial charge is 0.223 e. The highest BCUT2D eigenvalue weighted by Gasteiger charge is 2.10. The lowest BCUT2D eigenvalue weighted by molar-refractivity contribution is 1.07. The van der Waals surface area contributed by atoms with Crippen LogP contribution in [0, 0.1) is 6.92 Å². The maximum absolute atomic E-state index is 5.79. The summed E-state index contributed by atoms with van der Waals surface area (Å²) < 4.78 is 0. The van der Waals surface area contributed by atoms with Crippen LogP contribution in [0.4, 0.5) is 11.8 Å². The number of fused-ring (bicyclic) bond motifs is 1. The predicted octanol–water partition coefficient (Wildman–Crippen LogP) is 3.82. The van der Waals surface area contributed by atoms with E-state index in [0.717, 1.165) is 29.0 Å². The number of aromatic nitrogens is 2. The minimum atomic E-state index is 0.323. The molecule has 104 valence electrons. The summed E-state index contributed by atoms with van der Waals surface area (Å²) in [6, 6.07) is 4.29. The van der Waals surface area contributed by atoms with Gasteiger partial charge in [-0.1, -0.05) is 6.92 Å². The Labute approximate surface area is 125 Å². The average Bonchev–Trinajstić information content (AvgIpc) is 3.00. The topological polar surface area (TPSA) is 63.8 Å². The van der Waals surface area contributed by atoms with Crippen LogP contribution in [0.5, 0.6) is 0 Å². The summed E-state index contributed by atoms with van der Waals surface area (Å²) in [4.78, 5) is 12.1. The zero-order valence-corrected chi connectivity index (χ0v) is 13.1. The molecule has 0 bridgehead atoms. The normalized spacial score (nSPS) is 11.1. The number of thiophene rings is 2. The van der Waals surface area contributed by atoms with Gasteiger partial charge in [-0.3, -0.25) is 0 Å². The number of hydrogen-bond acceptors (Lipinski definition) is 6. The molecule has 3 rings (SSSR count). The second-order valence-electron chi connectivity index (χ2n) is 4.58. The Balaban J connectivity index is 1.90. The molecule has 0 unspecified atom stereocenters. The number of nitrogens with two attached hydrogens (primary N) is 1. The first kappa shape index (κ1) is 13.3. The summed E-state index contributed by atoms with van der Waals surface area (Å²) in [5.41, 5.74) is 7.18. The Morgan fingerprint density at radius 3 is 3.00 bits per heavy atom. The van der Waals surface area contributed by atoms with E-state index in [0.29, 0.717) is 5.95 Å². The molecule has 0 aliphatic heterocycles. The number of nitrogens with one attached hydrogen (secondary N) is 1. The Kier molecular flexibility index (Phi) is 3.58. The maximum atomic E-state index is 5.79. The van der Waals surface area contributed by atoms with Gasteiger partial charge in [-0.05, 0) is 36.4 Å². The standard InChI is InChI=1S/C14H16N4S2/c1-3-9-4-5-19-11(9)7-16-12-10-6-8(2)20-13(10)18-14(15)17-12/h4-6H,3,7H2,1-2H3,(H3,15,16,17,18). The number of nitrogen functional groups attached to an aromatic ring is 1. The van der Waals surface area contributed by atoms with Crippen LogP contribution in [0.15, 0.2) is 17.5 Å². The fourth-order valence-electron chi connectivity index (χ4n) is 2.19. The van der Waals surface area contributed by atoms with Crippen LogP contribution in [-0.4, -0.2) is 9.97 Å². The van der Waals surface area contributed by atoms with Gasteiger partial charge < -0.3 is 11.1 Å². The van der Waals surface area contributed by atoms with Gasteiger partial charge in [-0.15, -0.1) is 22.7 Å². The molecule has 3 aromatic rings. The Morgan fingerprint density at radius 2 is 2.20 bits per heavy atom. The number of anilines is 2. The highest BCUT2D eigenvalue weighted by Crippen LogP contribution is 2.29. The monoisotopic (exact) mass is 304 g/mol. The minimum absolute atomic E-state index is 0.323. The van der Waals surface area contributed by atoms with Crippen molar-refractivity contribution in [2.45, 2.75) is 26.8 Å². The van der Waals surface area contributed by atoms with Gasteiger partial charge in [0.1, 0.15) is 10.6 Å². The van der Waals surface area contributed by atoms with Crippen molar-refractivity contribution in [3.8, 4) is 0 Å². The zero-order chi connectivity index (χ0) is 14.1. The van der Waals surface area contributed by atoms with Crippen LogP contribution >= 0.6 is 22.7 Å². The van der Waals surface area contributed by atoms with Gasteiger partial charge in [0.15, 0.2) is 0 Å². The van der Waals surface area contributed by atoms with E-state index in [2.05, 4.69) is 46.6 Å². The lowest BCUT2D eigenvalue weighted by atomic mass is 10.2. The number of aryl methyl sites for hydroxylation is 2. The molecule has 3 heterocycles. The highest BCUT2D eigenvalue weighted by atomic mass is 32.1. The fraction of sp³-hybridized carbons (Fsp3) is 0.286. The molecule has 6 heteroatoms. The SMILES string of the molecule is CCc1ccsc1CNc1nc(N)nc2sc(C)cc12. The van der Waals surface area contributed by atoms with E-state index in [9.17, 15) is 0 Å². The lowest BCUT2D eigenvalue weighted by Gasteiger charge is -2.07. The van der Waals surface area contributed by atoms with E-state index in [4.69, 9.17) is 5.73 Å². The van der Waals surface area contributed by atoms with Crippen molar-refractivity contribution in [2.24, 2.45) is 0 Å². The van der Waals surface area contributed by atoms with Crippen molar-refractivity contribution in [2.75, 3.05) is 11.1 Å². The number of nitrogens with zero attached hydrogens (tertiary/aromatic N) is 2. The van der Waals surface area contributed by atoms with Gasteiger partial charge in [-0.25, -0.2) is 4.98 Å². The quantitative estimate of drug-likeness (QED) is 0.769. The van der Waals surface area contributed by atoms with Crippen molar-refractivity contribution >= 4 is 44.7 Å². The molecule has 0 aliphatic carbocycles. The molecule has 0 saturated carbocycles. The highest BCUT2D eigenvalue weighted by molar-refractivity contribution is 7.18. The van der Waals surface area contributed by atoms with Gasteiger partial charge in [0.25, 0.3) is 0 Å². The number of rotatable bonds is 4. The predicted molar refractivity (Wildman–Crippen MR) is 87.6 cm³/mol. The van der Waals surface area contributed by atoms with Gasteiger partial charge in [0.05, 0.1) is 11.9 Å². The van der Waals surface area contributed by atoms with Crippen LogP contribution in [0.2, 0.25) is 0 Å². The molecule has 0 radical (unpaired) electrons. The first-order valence-electron chi connectivity index (χ1n) is 6.50. The molecule has 4 nitrogen and oxygen atoms in total. The van der Waals surface area contributed by atoms with Gasteiger partial charge in [-0.2, -0.15) is 4.98 Å². The van der Waals surface area contributed by atoms with Crippen molar-refractivity contribution in [1.82, 2.24) is 9.97 Å². The largest absolute Gasteiger partial charge is 0.368 e. The van der Waals surface area contributed by atoms with E-state index in [1.807, 2.05) is 0 Å². The summed E-state index contributed by atoms with van der Waals surface area (Å²) in [5.74, 6) is 1.15. The van der Waals surface area contributed by atoms with Gasteiger partial charge in [0, 0.05) is 9.75 Å². The molecule has 20 heavy (non-hydrogen) atoms. The summed E-state index contributed by atoms with van der Waals surface area (Å²) >= 11 is 3.42. The molecule has 0 fully saturated rings. The minimum Gasteiger partial charge on any atom is -0.368 e. The zero-order valence-electron chi connectivity index (χ0n) is 11.4. The van der Waals surface area contributed by atoms with Crippen molar-refractivity contribution < 1.29 is 0 Å². The molecule has 0 atom stereocenters. The van der Waals surface area contributed by atoms with Crippen LogP contribution in [0.1, 0.15) is 22.2 Å². The summed E-state index contributed by atoms with van der Waals surface area (Å²) in [7, 11) is 0. The molecule has 0 amide bonds. The first-order chi connectivity index (χ1) is 9.67. The molecule has 0 spiro atoms. The second-order valence-corrected chi connectivity index (χ2v) is 6.82. The van der Waals surface area contributed by atoms with Crippen LogP contribution in [0.25, 0.3) is 10.2 Å². The summed E-state index contributed by atoms with van der Waals surface area (Å²) in [6.07, 6.45) is 1.05. The van der Waals surface area contributed by atoms with Crippen LogP contribution < -0.4 is 11.1 Å². The molecule has 0 saturated heterocycles. The Hall–Kier alpha value is -1.66. The maximum Gasteiger partial charge on any atom is 0.223 e. The van der Waals surface area contributed by atoms with Gasteiger partial charge in [0.2, 0.25) is 5.95 Å². The van der Waals surface area contributed by atoms with Crippen molar-refractivity contribution in [3.05, 3.63) is 32.8 Å². The second kappa shape index (κ2) is 5.38. The molecule has 0 aliphatic rings. The Bertz CT molecular complexity index is 745.